The first-order valence-corrected chi connectivity index (χ1v) is 7.55. The van der Waals surface area contributed by atoms with Gasteiger partial charge >= 0.3 is 0 Å². The third kappa shape index (κ3) is 6.72. The minimum atomic E-state index is 0.734. The predicted octanol–water partition coefficient (Wildman–Crippen LogP) is 2.37. The molecule has 0 bridgehead atoms. The van der Waals surface area contributed by atoms with E-state index in [0.29, 0.717) is 0 Å². The second-order valence-corrected chi connectivity index (χ2v) is 6.23. The van der Waals surface area contributed by atoms with E-state index in [1.807, 2.05) is 0 Å². The smallest absolute Gasteiger partial charge is 0.0593 e. The molecule has 0 unspecified atom stereocenters. The number of nitrogens with one attached hydrogen (secondary N) is 1. The van der Waals surface area contributed by atoms with Crippen molar-refractivity contribution in [3.05, 3.63) is 0 Å². The van der Waals surface area contributed by atoms with E-state index in [9.17, 15) is 0 Å². The third-order valence-corrected chi connectivity index (χ3v) is 4.08. The molecule has 18 heavy (non-hydrogen) atoms. The minimum absolute atomic E-state index is 0.734. The molecule has 1 aliphatic carbocycles. The second-order valence-electron chi connectivity index (χ2n) is 6.23. The summed E-state index contributed by atoms with van der Waals surface area (Å²) in [5.41, 5.74) is 0. The van der Waals surface area contributed by atoms with E-state index in [1.165, 1.54) is 25.7 Å². The monoisotopic (exact) mass is 256 g/mol. The molecular formula is C15H32N2O. The van der Waals surface area contributed by atoms with Gasteiger partial charge in [-0.25, -0.2) is 0 Å². The van der Waals surface area contributed by atoms with Crippen molar-refractivity contribution in [1.29, 1.82) is 0 Å². The molecule has 3 nitrogen and oxygen atoms in total. The summed E-state index contributed by atoms with van der Waals surface area (Å²) in [6.07, 6.45) is 5.49. The fourth-order valence-corrected chi connectivity index (χ4v) is 2.67. The van der Waals surface area contributed by atoms with E-state index in [4.69, 9.17) is 4.74 Å². The average Bonchev–Trinajstić information content (AvgIpc) is 2.34. The van der Waals surface area contributed by atoms with Crippen molar-refractivity contribution in [1.82, 2.24) is 10.2 Å². The predicted molar refractivity (Wildman–Crippen MR) is 78.0 cm³/mol. The average molecular weight is 256 g/mol. The van der Waals surface area contributed by atoms with Gasteiger partial charge in [0, 0.05) is 19.1 Å². The van der Waals surface area contributed by atoms with Crippen molar-refractivity contribution >= 4 is 0 Å². The fraction of sp³-hybridized carbons (Fsp3) is 1.00. The van der Waals surface area contributed by atoms with Crippen molar-refractivity contribution in [2.45, 2.75) is 45.6 Å². The highest BCUT2D eigenvalue weighted by atomic mass is 16.5. The highest BCUT2D eigenvalue weighted by molar-refractivity contribution is 4.78. The van der Waals surface area contributed by atoms with Crippen LogP contribution in [0.4, 0.5) is 0 Å². The molecule has 0 atom stereocenters. The number of nitrogens with zero attached hydrogens (tertiary/aromatic N) is 1. The Balaban J connectivity index is 1.95. The van der Waals surface area contributed by atoms with Crippen LogP contribution in [0.5, 0.6) is 0 Å². The minimum Gasteiger partial charge on any atom is -0.379 e. The number of ether oxygens (including phenoxy) is 1. The molecule has 0 aromatic rings. The highest BCUT2D eigenvalue weighted by Crippen LogP contribution is 2.29. The molecule has 0 spiro atoms. The molecule has 0 aromatic heterocycles. The normalized spacial score (nSPS) is 25.0. The van der Waals surface area contributed by atoms with Crippen LogP contribution in [-0.2, 0) is 4.74 Å². The van der Waals surface area contributed by atoms with Crippen LogP contribution in [0.1, 0.15) is 39.5 Å². The maximum atomic E-state index is 5.59. The molecule has 1 fully saturated rings. The van der Waals surface area contributed by atoms with Crippen LogP contribution in [0, 0.1) is 11.8 Å². The first-order valence-electron chi connectivity index (χ1n) is 7.55. The first kappa shape index (κ1) is 15.9. The summed E-state index contributed by atoms with van der Waals surface area (Å²) in [4.78, 5) is 2.15. The van der Waals surface area contributed by atoms with Gasteiger partial charge in [0.25, 0.3) is 0 Å². The lowest BCUT2D eigenvalue weighted by Gasteiger charge is -2.31. The Morgan fingerprint density at radius 2 is 1.78 bits per heavy atom. The van der Waals surface area contributed by atoms with E-state index in [1.54, 1.807) is 0 Å². The summed E-state index contributed by atoms with van der Waals surface area (Å²) in [7, 11) is 4.16. The van der Waals surface area contributed by atoms with Crippen molar-refractivity contribution < 1.29 is 4.74 Å². The second kappa shape index (κ2) is 8.89. The van der Waals surface area contributed by atoms with Crippen molar-refractivity contribution in [3.8, 4) is 0 Å². The quantitative estimate of drug-likeness (QED) is 0.675. The number of rotatable bonds is 8. The van der Waals surface area contributed by atoms with Gasteiger partial charge < -0.3 is 15.0 Å². The van der Waals surface area contributed by atoms with Crippen LogP contribution in [-0.4, -0.2) is 51.3 Å². The zero-order valence-electron chi connectivity index (χ0n) is 12.7. The van der Waals surface area contributed by atoms with E-state index in [2.05, 4.69) is 38.2 Å². The fourth-order valence-electron chi connectivity index (χ4n) is 2.67. The molecule has 0 aliphatic heterocycles. The van der Waals surface area contributed by atoms with Gasteiger partial charge in [-0.05, 0) is 51.6 Å². The third-order valence-electron chi connectivity index (χ3n) is 4.08. The van der Waals surface area contributed by atoms with Gasteiger partial charge in [-0.15, -0.1) is 0 Å². The molecule has 0 aromatic carbocycles. The number of hydrogen-bond acceptors (Lipinski definition) is 3. The van der Waals surface area contributed by atoms with Crippen molar-refractivity contribution in [2.24, 2.45) is 11.8 Å². The molecule has 1 rings (SSSR count). The Labute approximate surface area is 113 Å². The summed E-state index contributed by atoms with van der Waals surface area (Å²) < 4.78 is 5.59. The zero-order chi connectivity index (χ0) is 13.4. The molecule has 0 saturated heterocycles. The molecular weight excluding hydrogens is 224 g/mol. The Morgan fingerprint density at radius 1 is 1.11 bits per heavy atom. The van der Waals surface area contributed by atoms with Gasteiger partial charge in [0.15, 0.2) is 0 Å². The Hall–Kier alpha value is -0.120. The van der Waals surface area contributed by atoms with Gasteiger partial charge in [0.1, 0.15) is 0 Å². The molecule has 108 valence electrons. The van der Waals surface area contributed by atoms with Crippen LogP contribution in [0.25, 0.3) is 0 Å². The lowest BCUT2D eigenvalue weighted by atomic mass is 9.80. The Morgan fingerprint density at radius 3 is 2.33 bits per heavy atom. The maximum absolute atomic E-state index is 5.59. The molecule has 0 amide bonds. The van der Waals surface area contributed by atoms with Crippen molar-refractivity contribution in [3.63, 3.8) is 0 Å². The zero-order valence-corrected chi connectivity index (χ0v) is 12.7. The first-order chi connectivity index (χ1) is 8.59. The van der Waals surface area contributed by atoms with E-state index < -0.39 is 0 Å². The summed E-state index contributed by atoms with van der Waals surface area (Å²) in [6, 6.07) is 0.734. The van der Waals surface area contributed by atoms with Gasteiger partial charge in [-0.2, -0.15) is 0 Å². The SMILES string of the molecule is CC(C)C1CCC(NCCOCCN(C)C)CC1. The van der Waals surface area contributed by atoms with E-state index in [-0.39, 0.29) is 0 Å². The summed E-state index contributed by atoms with van der Waals surface area (Å²) >= 11 is 0. The maximum Gasteiger partial charge on any atom is 0.0593 e. The lowest BCUT2D eigenvalue weighted by Crippen LogP contribution is -2.36. The Bertz CT molecular complexity index is 199. The van der Waals surface area contributed by atoms with Gasteiger partial charge in [0.05, 0.1) is 13.2 Å². The molecule has 1 N–H and O–H groups in total. The molecule has 0 heterocycles. The van der Waals surface area contributed by atoms with E-state index >= 15 is 0 Å². The topological polar surface area (TPSA) is 24.5 Å². The van der Waals surface area contributed by atoms with Crippen molar-refractivity contribution in [2.75, 3.05) is 40.4 Å². The van der Waals surface area contributed by atoms with Crippen LogP contribution in [0.15, 0.2) is 0 Å². The lowest BCUT2D eigenvalue weighted by molar-refractivity contribution is 0.115. The molecule has 3 heteroatoms. The van der Waals surface area contributed by atoms with Gasteiger partial charge in [-0.3, -0.25) is 0 Å². The van der Waals surface area contributed by atoms with Gasteiger partial charge in [0.2, 0.25) is 0 Å². The summed E-state index contributed by atoms with van der Waals surface area (Å²) in [5, 5.41) is 3.63. The van der Waals surface area contributed by atoms with E-state index in [0.717, 1.165) is 44.2 Å². The largest absolute Gasteiger partial charge is 0.379 e. The number of likely N-dealkylation sites (N-methyl/N-ethyl adjacent to an activating group) is 1. The Kier molecular flexibility index (Phi) is 7.87. The standard InChI is InChI=1S/C15H32N2O/c1-13(2)14-5-7-15(8-6-14)16-9-11-18-12-10-17(3)4/h13-16H,5-12H2,1-4H3. The van der Waals surface area contributed by atoms with Crippen LogP contribution in [0.3, 0.4) is 0 Å². The summed E-state index contributed by atoms with van der Waals surface area (Å²) in [5.74, 6) is 1.82. The summed E-state index contributed by atoms with van der Waals surface area (Å²) in [6.45, 7) is 8.42. The van der Waals surface area contributed by atoms with Crippen LogP contribution < -0.4 is 5.32 Å². The van der Waals surface area contributed by atoms with Crippen LogP contribution in [0.2, 0.25) is 0 Å². The van der Waals surface area contributed by atoms with Crippen LogP contribution >= 0.6 is 0 Å². The number of hydrogen-bond donors (Lipinski definition) is 1. The molecule has 1 saturated carbocycles. The molecule has 1 aliphatic rings. The highest BCUT2D eigenvalue weighted by Gasteiger charge is 2.22. The van der Waals surface area contributed by atoms with Gasteiger partial charge in [-0.1, -0.05) is 13.8 Å². The molecule has 0 radical (unpaired) electrons.